The Hall–Kier alpha value is -2.41. The lowest BCUT2D eigenvalue weighted by Crippen LogP contribution is -2.52. The van der Waals surface area contributed by atoms with Crippen LogP contribution in [-0.2, 0) is 20.1 Å². The summed E-state index contributed by atoms with van der Waals surface area (Å²) in [5.74, 6) is 1.15. The number of nitrogens with one attached hydrogen (secondary N) is 2. The SMILES string of the molecule is C[C@@H]1CN(Cc2ccccc2)CC[C@H]1NC(=O)NCc1ncnn1C. The summed E-state index contributed by atoms with van der Waals surface area (Å²) in [6.07, 6.45) is 2.45. The smallest absolute Gasteiger partial charge is 0.315 e. The number of benzene rings is 1. The molecule has 2 amide bonds. The first-order valence-corrected chi connectivity index (χ1v) is 8.75. The highest BCUT2D eigenvalue weighted by Gasteiger charge is 2.27. The molecule has 3 rings (SSSR count). The third kappa shape index (κ3) is 4.79. The van der Waals surface area contributed by atoms with Gasteiger partial charge in [-0.2, -0.15) is 5.10 Å². The molecule has 134 valence electrons. The predicted molar refractivity (Wildman–Crippen MR) is 95.7 cm³/mol. The van der Waals surface area contributed by atoms with E-state index in [0.717, 1.165) is 31.9 Å². The van der Waals surface area contributed by atoms with E-state index in [9.17, 15) is 4.79 Å². The van der Waals surface area contributed by atoms with Crippen LogP contribution >= 0.6 is 0 Å². The third-order valence-electron chi connectivity index (χ3n) is 4.77. The second-order valence-corrected chi connectivity index (χ2v) is 6.72. The number of rotatable bonds is 5. The van der Waals surface area contributed by atoms with Gasteiger partial charge in [-0.05, 0) is 17.9 Å². The molecule has 7 nitrogen and oxygen atoms in total. The summed E-state index contributed by atoms with van der Waals surface area (Å²) in [5.41, 5.74) is 1.34. The molecule has 1 aliphatic rings. The molecule has 1 fully saturated rings. The first kappa shape index (κ1) is 17.4. The van der Waals surface area contributed by atoms with Gasteiger partial charge in [0, 0.05) is 32.7 Å². The minimum atomic E-state index is -0.142. The highest BCUT2D eigenvalue weighted by molar-refractivity contribution is 5.74. The van der Waals surface area contributed by atoms with Gasteiger partial charge in [-0.3, -0.25) is 9.58 Å². The summed E-state index contributed by atoms with van der Waals surface area (Å²) in [5, 5.41) is 9.95. The zero-order valence-electron chi connectivity index (χ0n) is 14.9. The molecule has 0 bridgehead atoms. The van der Waals surface area contributed by atoms with Crippen LogP contribution < -0.4 is 10.6 Å². The molecule has 2 atom stereocenters. The van der Waals surface area contributed by atoms with E-state index in [0.29, 0.717) is 12.5 Å². The van der Waals surface area contributed by atoms with Crippen LogP contribution in [0.5, 0.6) is 0 Å². The molecule has 0 saturated carbocycles. The number of likely N-dealkylation sites (tertiary alicyclic amines) is 1. The maximum atomic E-state index is 12.1. The van der Waals surface area contributed by atoms with Crippen molar-refractivity contribution in [3.63, 3.8) is 0 Å². The van der Waals surface area contributed by atoms with Crippen LogP contribution in [0.1, 0.15) is 24.7 Å². The van der Waals surface area contributed by atoms with Crippen LogP contribution in [0.15, 0.2) is 36.7 Å². The quantitative estimate of drug-likeness (QED) is 0.864. The Morgan fingerprint density at radius 3 is 2.80 bits per heavy atom. The van der Waals surface area contributed by atoms with Crippen LogP contribution in [0, 0.1) is 5.92 Å². The average molecular weight is 342 g/mol. The van der Waals surface area contributed by atoms with E-state index in [-0.39, 0.29) is 12.1 Å². The van der Waals surface area contributed by atoms with E-state index in [4.69, 9.17) is 0 Å². The minimum Gasteiger partial charge on any atom is -0.335 e. The summed E-state index contributed by atoms with van der Waals surface area (Å²) in [6, 6.07) is 10.6. The zero-order chi connectivity index (χ0) is 17.6. The van der Waals surface area contributed by atoms with Crippen molar-refractivity contribution >= 4 is 6.03 Å². The molecule has 0 spiro atoms. The summed E-state index contributed by atoms with van der Waals surface area (Å²) >= 11 is 0. The van der Waals surface area contributed by atoms with E-state index < -0.39 is 0 Å². The van der Waals surface area contributed by atoms with Gasteiger partial charge < -0.3 is 10.6 Å². The molecule has 1 aliphatic heterocycles. The predicted octanol–water partition coefficient (Wildman–Crippen LogP) is 1.52. The van der Waals surface area contributed by atoms with Crippen LogP contribution in [0.3, 0.4) is 0 Å². The van der Waals surface area contributed by atoms with Gasteiger partial charge in [0.1, 0.15) is 12.2 Å². The largest absolute Gasteiger partial charge is 0.335 e. The first-order chi connectivity index (χ1) is 12.1. The summed E-state index contributed by atoms with van der Waals surface area (Å²) in [6.45, 7) is 5.53. The van der Waals surface area contributed by atoms with Crippen LogP contribution in [0.2, 0.25) is 0 Å². The molecule has 7 heteroatoms. The molecule has 0 unspecified atom stereocenters. The Bertz CT molecular complexity index is 686. The van der Waals surface area contributed by atoms with Gasteiger partial charge in [0.25, 0.3) is 0 Å². The van der Waals surface area contributed by atoms with Crippen LogP contribution in [0.4, 0.5) is 4.79 Å². The van der Waals surface area contributed by atoms with E-state index in [1.807, 2.05) is 13.1 Å². The van der Waals surface area contributed by atoms with Gasteiger partial charge in [0.15, 0.2) is 0 Å². The number of hydrogen-bond acceptors (Lipinski definition) is 4. The molecule has 1 saturated heterocycles. The second kappa shape index (κ2) is 8.11. The topological polar surface area (TPSA) is 75.1 Å². The first-order valence-electron chi connectivity index (χ1n) is 8.75. The lowest BCUT2D eigenvalue weighted by molar-refractivity contribution is 0.142. The van der Waals surface area contributed by atoms with Crippen molar-refractivity contribution in [2.24, 2.45) is 13.0 Å². The Labute approximate surface area is 148 Å². The maximum absolute atomic E-state index is 12.1. The number of aryl methyl sites for hydroxylation is 1. The Balaban J connectivity index is 1.43. The van der Waals surface area contributed by atoms with Crippen LogP contribution in [0.25, 0.3) is 0 Å². The van der Waals surface area contributed by atoms with Gasteiger partial charge >= 0.3 is 6.03 Å². The monoisotopic (exact) mass is 342 g/mol. The van der Waals surface area contributed by atoms with E-state index >= 15 is 0 Å². The minimum absolute atomic E-state index is 0.142. The molecule has 2 heterocycles. The Morgan fingerprint density at radius 1 is 1.32 bits per heavy atom. The van der Waals surface area contributed by atoms with Crippen molar-refractivity contribution in [1.82, 2.24) is 30.3 Å². The third-order valence-corrected chi connectivity index (χ3v) is 4.77. The van der Waals surface area contributed by atoms with E-state index in [1.54, 1.807) is 4.68 Å². The van der Waals surface area contributed by atoms with Crippen molar-refractivity contribution in [2.45, 2.75) is 32.5 Å². The van der Waals surface area contributed by atoms with Crippen molar-refractivity contribution in [3.05, 3.63) is 48.0 Å². The van der Waals surface area contributed by atoms with Crippen molar-refractivity contribution < 1.29 is 4.79 Å². The Morgan fingerprint density at radius 2 is 2.12 bits per heavy atom. The summed E-state index contributed by atoms with van der Waals surface area (Å²) in [7, 11) is 1.81. The summed E-state index contributed by atoms with van der Waals surface area (Å²) in [4.78, 5) is 18.7. The molecular formula is C18H26N6O. The van der Waals surface area contributed by atoms with Gasteiger partial charge in [0.05, 0.1) is 6.54 Å². The van der Waals surface area contributed by atoms with Gasteiger partial charge in [-0.1, -0.05) is 37.3 Å². The van der Waals surface area contributed by atoms with Crippen molar-refractivity contribution in [2.75, 3.05) is 13.1 Å². The zero-order valence-corrected chi connectivity index (χ0v) is 14.9. The number of aromatic nitrogens is 3. The molecule has 2 aromatic rings. The highest BCUT2D eigenvalue weighted by atomic mass is 16.2. The normalized spacial score (nSPS) is 21.0. The fourth-order valence-corrected chi connectivity index (χ4v) is 3.29. The average Bonchev–Trinajstić information content (AvgIpc) is 3.01. The van der Waals surface area contributed by atoms with Gasteiger partial charge in [-0.15, -0.1) is 0 Å². The second-order valence-electron chi connectivity index (χ2n) is 6.72. The molecule has 0 radical (unpaired) electrons. The standard InChI is InChI=1S/C18H26N6O/c1-14-11-24(12-15-6-4-3-5-7-15)9-8-16(14)22-18(25)19-10-17-20-13-21-23(17)2/h3-7,13-14,16H,8-12H2,1-2H3,(H2,19,22,25)/t14-,16-/m1/s1. The van der Waals surface area contributed by atoms with E-state index in [1.165, 1.54) is 11.9 Å². The lowest BCUT2D eigenvalue weighted by atomic mass is 9.93. The number of hydrogen-bond donors (Lipinski definition) is 2. The highest BCUT2D eigenvalue weighted by Crippen LogP contribution is 2.18. The van der Waals surface area contributed by atoms with Crippen molar-refractivity contribution in [1.29, 1.82) is 0 Å². The lowest BCUT2D eigenvalue weighted by Gasteiger charge is -2.37. The fraction of sp³-hybridized carbons (Fsp3) is 0.500. The molecule has 25 heavy (non-hydrogen) atoms. The van der Waals surface area contributed by atoms with Crippen molar-refractivity contribution in [3.8, 4) is 0 Å². The molecular weight excluding hydrogens is 316 g/mol. The number of amides is 2. The Kier molecular flexibility index (Phi) is 5.65. The van der Waals surface area contributed by atoms with Gasteiger partial charge in [0.2, 0.25) is 0 Å². The number of nitrogens with zero attached hydrogens (tertiary/aromatic N) is 4. The molecule has 1 aromatic heterocycles. The maximum Gasteiger partial charge on any atom is 0.315 e. The van der Waals surface area contributed by atoms with Gasteiger partial charge in [-0.25, -0.2) is 9.78 Å². The molecule has 2 N–H and O–H groups in total. The van der Waals surface area contributed by atoms with E-state index in [2.05, 4.69) is 56.8 Å². The number of carbonyl (C=O) groups is 1. The summed E-state index contributed by atoms with van der Waals surface area (Å²) < 4.78 is 1.66. The molecule has 1 aromatic carbocycles. The number of piperidine rings is 1. The molecule has 0 aliphatic carbocycles. The fourth-order valence-electron chi connectivity index (χ4n) is 3.29. The van der Waals surface area contributed by atoms with Crippen LogP contribution in [-0.4, -0.2) is 44.8 Å². The number of urea groups is 1. The number of carbonyl (C=O) groups excluding carboxylic acids is 1.